The maximum absolute atomic E-state index is 4.43. The first kappa shape index (κ1) is 11.2. The summed E-state index contributed by atoms with van der Waals surface area (Å²) in [6, 6.07) is 10.9. The third kappa shape index (κ3) is 3.42. The number of thiol groups is 1. The molecule has 0 spiro atoms. The molecule has 1 aromatic rings. The van der Waals surface area contributed by atoms with Crippen LogP contribution in [-0.2, 0) is 25.2 Å². The number of rotatable bonds is 1. The summed E-state index contributed by atoms with van der Waals surface area (Å²) in [7, 11) is 0. The van der Waals surface area contributed by atoms with Gasteiger partial charge >= 0.3 is 0 Å². The van der Waals surface area contributed by atoms with E-state index < -0.39 is 0 Å². The molecule has 2 heteroatoms. The van der Waals surface area contributed by atoms with Crippen LogP contribution in [-0.4, -0.2) is 0 Å². The molecule has 0 amide bonds. The Morgan fingerprint density at radius 2 is 1.73 bits per heavy atom. The van der Waals surface area contributed by atoms with E-state index in [0.717, 1.165) is 0 Å². The minimum absolute atomic E-state index is 0. The minimum atomic E-state index is -0.0326. The van der Waals surface area contributed by atoms with Crippen LogP contribution < -0.4 is 0 Å². The number of benzene rings is 1. The molecule has 0 heterocycles. The molecular formula is C9H11ReS-. The molecule has 0 bridgehead atoms. The maximum atomic E-state index is 4.43. The van der Waals surface area contributed by atoms with E-state index in [1.165, 1.54) is 5.56 Å². The van der Waals surface area contributed by atoms with Gasteiger partial charge in [0, 0.05) is 25.2 Å². The fourth-order valence-electron chi connectivity index (χ4n) is 0.795. The first-order chi connectivity index (χ1) is 4.61. The van der Waals surface area contributed by atoms with Gasteiger partial charge < -0.3 is 0 Å². The van der Waals surface area contributed by atoms with Gasteiger partial charge in [-0.2, -0.15) is 43.0 Å². The van der Waals surface area contributed by atoms with E-state index in [-0.39, 0.29) is 25.2 Å². The summed E-state index contributed by atoms with van der Waals surface area (Å²) in [5.74, 6) is 0. The number of hydrogen-bond donors (Lipinski definition) is 1. The quantitative estimate of drug-likeness (QED) is 0.591. The van der Waals surface area contributed by atoms with E-state index in [9.17, 15) is 0 Å². The van der Waals surface area contributed by atoms with Crippen molar-refractivity contribution in [2.75, 3.05) is 0 Å². The predicted octanol–water partition coefficient (Wildman–Crippen LogP) is 2.65. The van der Waals surface area contributed by atoms with Crippen LogP contribution in [0.2, 0.25) is 0 Å². The Morgan fingerprint density at radius 1 is 1.27 bits per heavy atom. The van der Waals surface area contributed by atoms with Gasteiger partial charge in [0.25, 0.3) is 0 Å². The Labute approximate surface area is 87.5 Å². The SMILES string of the molecule is CC(C)(S)c1cc[c-]cc1.[Re]. The second-order valence-electron chi connectivity index (χ2n) is 2.85. The first-order valence-electron chi connectivity index (χ1n) is 3.29. The van der Waals surface area contributed by atoms with Crippen LogP contribution in [0.15, 0.2) is 24.3 Å². The fraction of sp³-hybridized carbons (Fsp3) is 0.333. The average Bonchev–Trinajstić information content (AvgIpc) is 1.88. The van der Waals surface area contributed by atoms with E-state index in [2.05, 4.69) is 32.5 Å². The van der Waals surface area contributed by atoms with Crippen molar-refractivity contribution in [1.29, 1.82) is 0 Å². The van der Waals surface area contributed by atoms with Crippen molar-refractivity contribution in [3.8, 4) is 0 Å². The molecule has 1 radical (unpaired) electrons. The summed E-state index contributed by atoms with van der Waals surface area (Å²) in [6.45, 7) is 4.15. The van der Waals surface area contributed by atoms with Crippen LogP contribution in [0, 0.1) is 6.07 Å². The van der Waals surface area contributed by atoms with Crippen molar-refractivity contribution in [3.63, 3.8) is 0 Å². The summed E-state index contributed by atoms with van der Waals surface area (Å²) in [4.78, 5) is 0. The Hall–Kier alpha value is 0.232. The summed E-state index contributed by atoms with van der Waals surface area (Å²) < 4.78 is -0.0326. The van der Waals surface area contributed by atoms with Gasteiger partial charge in [0.1, 0.15) is 0 Å². The van der Waals surface area contributed by atoms with E-state index in [4.69, 9.17) is 0 Å². The largest absolute Gasteiger partial charge is 0.184 e. The zero-order chi connectivity index (χ0) is 7.61. The van der Waals surface area contributed by atoms with Crippen LogP contribution >= 0.6 is 12.6 Å². The normalized spacial score (nSPS) is 10.5. The molecule has 1 rings (SSSR count). The molecule has 11 heavy (non-hydrogen) atoms. The van der Waals surface area contributed by atoms with Gasteiger partial charge in [-0.3, -0.25) is 0 Å². The zero-order valence-electron chi connectivity index (χ0n) is 6.63. The third-order valence-corrected chi connectivity index (χ3v) is 1.68. The van der Waals surface area contributed by atoms with Gasteiger partial charge in [-0.1, -0.05) is 0 Å². The van der Waals surface area contributed by atoms with Crippen molar-refractivity contribution in [3.05, 3.63) is 35.9 Å². The molecule has 0 fully saturated rings. The van der Waals surface area contributed by atoms with Gasteiger partial charge in [-0.05, 0) is 13.8 Å². The van der Waals surface area contributed by atoms with E-state index in [0.29, 0.717) is 0 Å². The van der Waals surface area contributed by atoms with Crippen molar-refractivity contribution < 1.29 is 20.4 Å². The van der Waals surface area contributed by atoms with Crippen LogP contribution in [0.3, 0.4) is 0 Å². The Bertz CT molecular complexity index is 201. The topological polar surface area (TPSA) is 0 Å². The fourth-order valence-corrected chi connectivity index (χ4v) is 0.944. The van der Waals surface area contributed by atoms with E-state index in [1.807, 2.05) is 24.3 Å². The van der Waals surface area contributed by atoms with Crippen molar-refractivity contribution in [2.24, 2.45) is 0 Å². The summed E-state index contributed by atoms with van der Waals surface area (Å²) in [5, 5.41) is 0. The van der Waals surface area contributed by atoms with Gasteiger partial charge in [0.2, 0.25) is 0 Å². The molecule has 0 aliphatic carbocycles. The molecule has 0 aromatic heterocycles. The molecule has 1 aromatic carbocycles. The van der Waals surface area contributed by atoms with Crippen LogP contribution in [0.1, 0.15) is 19.4 Å². The Kier molecular flexibility index (Phi) is 4.40. The van der Waals surface area contributed by atoms with Gasteiger partial charge in [-0.25, -0.2) is 0 Å². The van der Waals surface area contributed by atoms with E-state index >= 15 is 0 Å². The first-order valence-corrected chi connectivity index (χ1v) is 3.74. The standard InChI is InChI=1S/C9H11S.Re/c1-9(2,10)8-6-4-3-5-7-8;/h4-7,10H,1-2H3;/q-1;. The second kappa shape index (κ2) is 4.31. The summed E-state index contributed by atoms with van der Waals surface area (Å²) >= 11 is 4.43. The number of hydrogen-bond acceptors (Lipinski definition) is 1. The second-order valence-corrected chi connectivity index (χ2v) is 3.97. The van der Waals surface area contributed by atoms with Crippen LogP contribution in [0.5, 0.6) is 0 Å². The molecule has 0 saturated carbocycles. The molecule has 0 saturated heterocycles. The molecule has 0 atom stereocenters. The summed E-state index contributed by atoms with van der Waals surface area (Å²) in [6.07, 6.45) is 0. The van der Waals surface area contributed by atoms with Crippen molar-refractivity contribution >= 4 is 12.6 Å². The molecule has 0 unspecified atom stereocenters. The van der Waals surface area contributed by atoms with Crippen molar-refractivity contribution in [1.82, 2.24) is 0 Å². The Balaban J connectivity index is 0.000001000. The van der Waals surface area contributed by atoms with Gasteiger partial charge in [0.15, 0.2) is 0 Å². The van der Waals surface area contributed by atoms with Crippen molar-refractivity contribution in [2.45, 2.75) is 18.6 Å². The smallest absolute Gasteiger partial charge is 0.0102 e. The van der Waals surface area contributed by atoms with Crippen LogP contribution in [0.4, 0.5) is 0 Å². The molecule has 0 N–H and O–H groups in total. The van der Waals surface area contributed by atoms with E-state index in [1.54, 1.807) is 0 Å². The molecule has 0 aliphatic heterocycles. The molecule has 0 nitrogen and oxygen atoms in total. The van der Waals surface area contributed by atoms with Gasteiger partial charge in [-0.15, -0.1) is 5.56 Å². The van der Waals surface area contributed by atoms with Crippen LogP contribution in [0.25, 0.3) is 0 Å². The summed E-state index contributed by atoms with van der Waals surface area (Å²) in [5.41, 5.74) is 1.23. The molecular weight excluding hydrogens is 326 g/mol. The Morgan fingerprint density at radius 3 is 2.00 bits per heavy atom. The van der Waals surface area contributed by atoms with Gasteiger partial charge in [0.05, 0.1) is 0 Å². The predicted molar refractivity (Wildman–Crippen MR) is 47.3 cm³/mol. The third-order valence-electron chi connectivity index (χ3n) is 1.42. The monoisotopic (exact) mass is 338 g/mol. The molecule has 0 aliphatic rings. The zero-order valence-corrected chi connectivity index (χ0v) is 10.2. The minimum Gasteiger partial charge on any atom is -0.184 e. The average molecular weight is 337 g/mol. The maximum Gasteiger partial charge on any atom is 0.0102 e. The molecule has 61 valence electrons.